The van der Waals surface area contributed by atoms with Crippen molar-refractivity contribution in [2.45, 2.75) is 51.6 Å². The summed E-state index contributed by atoms with van der Waals surface area (Å²) >= 11 is 0. The molecule has 4 rings (SSSR count). The minimum absolute atomic E-state index is 0.863. The van der Waals surface area contributed by atoms with Crippen LogP contribution in [0.25, 0.3) is 0 Å². The van der Waals surface area contributed by atoms with Crippen molar-refractivity contribution in [3.63, 3.8) is 0 Å². The minimum atomic E-state index is 0.863. The van der Waals surface area contributed by atoms with Crippen LogP contribution in [0.4, 0.5) is 0 Å². The van der Waals surface area contributed by atoms with Crippen LogP contribution in [0.2, 0.25) is 0 Å². The summed E-state index contributed by atoms with van der Waals surface area (Å²) in [5, 5.41) is 0. The standard InChI is InChI=1S/C30H39N3/c1-4-12-27(13-5-1)24-28-17-22-32(23-18-28)20-10-3-11-21-33(25-29-14-6-2-7-15-29)26-30-16-8-9-19-31-30/h1-2,4-9,12-16,19,28H,3,10-11,17-18,20-26H2. The number of rotatable bonds is 12. The second-order valence-corrected chi connectivity index (χ2v) is 9.55. The van der Waals surface area contributed by atoms with Crippen LogP contribution in [0.3, 0.4) is 0 Å². The van der Waals surface area contributed by atoms with Crippen LogP contribution in [0.1, 0.15) is 48.9 Å². The van der Waals surface area contributed by atoms with Gasteiger partial charge in [0, 0.05) is 19.3 Å². The zero-order valence-corrected chi connectivity index (χ0v) is 20.0. The van der Waals surface area contributed by atoms with Gasteiger partial charge < -0.3 is 4.90 Å². The molecule has 0 radical (unpaired) electrons. The lowest BCUT2D eigenvalue weighted by Gasteiger charge is -2.32. The Morgan fingerprint density at radius 3 is 2.12 bits per heavy atom. The lowest BCUT2D eigenvalue weighted by Crippen LogP contribution is -2.35. The van der Waals surface area contributed by atoms with Crippen LogP contribution in [-0.4, -0.2) is 41.0 Å². The molecule has 1 saturated heterocycles. The molecule has 0 N–H and O–H groups in total. The fraction of sp³-hybridized carbons (Fsp3) is 0.433. The van der Waals surface area contributed by atoms with Crippen molar-refractivity contribution >= 4 is 0 Å². The van der Waals surface area contributed by atoms with E-state index in [1.165, 1.54) is 69.3 Å². The summed E-state index contributed by atoms with van der Waals surface area (Å²) in [6.45, 7) is 6.85. The van der Waals surface area contributed by atoms with Crippen molar-refractivity contribution in [2.75, 3.05) is 26.2 Å². The Balaban J connectivity index is 1.14. The molecular weight excluding hydrogens is 402 g/mol. The molecule has 0 bridgehead atoms. The van der Waals surface area contributed by atoms with Gasteiger partial charge in [0.25, 0.3) is 0 Å². The molecule has 1 aliphatic rings. The van der Waals surface area contributed by atoms with Crippen LogP contribution in [0.15, 0.2) is 85.1 Å². The van der Waals surface area contributed by atoms with Crippen molar-refractivity contribution in [1.82, 2.24) is 14.8 Å². The lowest BCUT2D eigenvalue weighted by atomic mass is 9.90. The SMILES string of the molecule is c1ccc(CC2CCN(CCCCCN(Cc3ccccc3)Cc3ccccn3)CC2)cc1. The summed E-state index contributed by atoms with van der Waals surface area (Å²) in [4.78, 5) is 9.79. The highest BCUT2D eigenvalue weighted by Crippen LogP contribution is 2.22. The first kappa shape index (κ1) is 23.7. The van der Waals surface area contributed by atoms with Gasteiger partial charge in [-0.1, -0.05) is 73.2 Å². The Bertz CT molecular complexity index is 848. The van der Waals surface area contributed by atoms with Crippen molar-refractivity contribution in [3.05, 3.63) is 102 Å². The quantitative estimate of drug-likeness (QED) is 0.312. The third-order valence-electron chi connectivity index (χ3n) is 6.88. The minimum Gasteiger partial charge on any atom is -0.303 e. The van der Waals surface area contributed by atoms with E-state index in [1.807, 2.05) is 12.3 Å². The number of unbranched alkanes of at least 4 members (excludes halogenated alkanes) is 2. The molecule has 0 atom stereocenters. The molecule has 3 nitrogen and oxygen atoms in total. The molecule has 3 heteroatoms. The Morgan fingerprint density at radius 1 is 0.727 bits per heavy atom. The van der Waals surface area contributed by atoms with Gasteiger partial charge in [0.2, 0.25) is 0 Å². The number of hydrogen-bond donors (Lipinski definition) is 0. The van der Waals surface area contributed by atoms with Gasteiger partial charge in [0.15, 0.2) is 0 Å². The number of pyridine rings is 1. The van der Waals surface area contributed by atoms with E-state index in [4.69, 9.17) is 0 Å². The molecule has 1 fully saturated rings. The number of benzene rings is 2. The summed E-state index contributed by atoms with van der Waals surface area (Å²) in [7, 11) is 0. The average molecular weight is 442 g/mol. The van der Waals surface area contributed by atoms with E-state index < -0.39 is 0 Å². The molecular formula is C30H39N3. The van der Waals surface area contributed by atoms with Crippen LogP contribution in [0.5, 0.6) is 0 Å². The highest BCUT2D eigenvalue weighted by molar-refractivity contribution is 5.16. The van der Waals surface area contributed by atoms with Crippen molar-refractivity contribution in [1.29, 1.82) is 0 Å². The predicted octanol–water partition coefficient (Wildman–Crippen LogP) is 6.21. The van der Waals surface area contributed by atoms with E-state index in [0.717, 1.165) is 31.2 Å². The Kier molecular flexibility index (Phi) is 9.52. The highest BCUT2D eigenvalue weighted by atomic mass is 15.1. The number of nitrogens with zero attached hydrogens (tertiary/aromatic N) is 3. The van der Waals surface area contributed by atoms with Crippen LogP contribution in [-0.2, 0) is 19.5 Å². The third kappa shape index (κ3) is 8.42. The smallest absolute Gasteiger partial charge is 0.0544 e. The maximum Gasteiger partial charge on any atom is 0.0544 e. The van der Waals surface area contributed by atoms with E-state index in [1.54, 1.807) is 0 Å². The second-order valence-electron chi connectivity index (χ2n) is 9.55. The zero-order chi connectivity index (χ0) is 22.6. The van der Waals surface area contributed by atoms with Crippen LogP contribution >= 0.6 is 0 Å². The van der Waals surface area contributed by atoms with Gasteiger partial charge >= 0.3 is 0 Å². The first-order chi connectivity index (χ1) is 16.3. The Labute approximate surface area is 200 Å². The summed E-state index contributed by atoms with van der Waals surface area (Å²) in [6.07, 6.45) is 9.72. The van der Waals surface area contributed by atoms with Crippen molar-refractivity contribution in [2.24, 2.45) is 5.92 Å². The molecule has 174 valence electrons. The van der Waals surface area contributed by atoms with E-state index in [-0.39, 0.29) is 0 Å². The molecule has 33 heavy (non-hydrogen) atoms. The van der Waals surface area contributed by atoms with Gasteiger partial charge in [-0.15, -0.1) is 0 Å². The summed E-state index contributed by atoms with van der Waals surface area (Å²) in [5.74, 6) is 0.863. The van der Waals surface area contributed by atoms with E-state index in [9.17, 15) is 0 Å². The van der Waals surface area contributed by atoms with Crippen molar-refractivity contribution in [3.8, 4) is 0 Å². The molecule has 1 aromatic heterocycles. The maximum absolute atomic E-state index is 4.55. The molecule has 0 spiro atoms. The first-order valence-corrected chi connectivity index (χ1v) is 12.8. The Morgan fingerprint density at radius 2 is 1.42 bits per heavy atom. The fourth-order valence-electron chi connectivity index (χ4n) is 4.99. The number of aromatic nitrogens is 1. The van der Waals surface area contributed by atoms with Gasteiger partial charge in [0.1, 0.15) is 0 Å². The monoisotopic (exact) mass is 441 g/mol. The van der Waals surface area contributed by atoms with Gasteiger partial charge in [0.05, 0.1) is 5.69 Å². The van der Waals surface area contributed by atoms with E-state index >= 15 is 0 Å². The van der Waals surface area contributed by atoms with E-state index in [2.05, 4.69) is 87.6 Å². The molecule has 3 aromatic rings. The predicted molar refractivity (Wildman–Crippen MR) is 138 cm³/mol. The van der Waals surface area contributed by atoms with E-state index in [0.29, 0.717) is 0 Å². The summed E-state index contributed by atoms with van der Waals surface area (Å²) in [5.41, 5.74) is 4.04. The molecule has 0 unspecified atom stereocenters. The topological polar surface area (TPSA) is 19.4 Å². The summed E-state index contributed by atoms with van der Waals surface area (Å²) in [6, 6.07) is 28.1. The molecule has 2 heterocycles. The third-order valence-corrected chi connectivity index (χ3v) is 6.88. The molecule has 2 aromatic carbocycles. The largest absolute Gasteiger partial charge is 0.303 e. The average Bonchev–Trinajstić information content (AvgIpc) is 2.87. The highest BCUT2D eigenvalue weighted by Gasteiger charge is 2.19. The van der Waals surface area contributed by atoms with Crippen LogP contribution < -0.4 is 0 Å². The molecule has 0 saturated carbocycles. The normalized spacial score (nSPS) is 15.2. The number of likely N-dealkylation sites (tertiary alicyclic amines) is 1. The van der Waals surface area contributed by atoms with Gasteiger partial charge in [-0.25, -0.2) is 0 Å². The lowest BCUT2D eigenvalue weighted by molar-refractivity contribution is 0.179. The molecule has 1 aliphatic heterocycles. The zero-order valence-electron chi connectivity index (χ0n) is 20.0. The maximum atomic E-state index is 4.55. The van der Waals surface area contributed by atoms with Crippen molar-refractivity contribution < 1.29 is 0 Å². The summed E-state index contributed by atoms with van der Waals surface area (Å²) < 4.78 is 0. The molecule has 0 aliphatic carbocycles. The van der Waals surface area contributed by atoms with Crippen LogP contribution in [0, 0.1) is 5.92 Å². The van der Waals surface area contributed by atoms with Gasteiger partial charge in [-0.3, -0.25) is 9.88 Å². The number of hydrogen-bond acceptors (Lipinski definition) is 3. The fourth-order valence-corrected chi connectivity index (χ4v) is 4.99. The second kappa shape index (κ2) is 13.3. The Hall–Kier alpha value is -2.49. The number of piperidine rings is 1. The first-order valence-electron chi connectivity index (χ1n) is 12.8. The van der Waals surface area contributed by atoms with Gasteiger partial charge in [-0.2, -0.15) is 0 Å². The molecule has 0 amide bonds. The van der Waals surface area contributed by atoms with Gasteiger partial charge in [-0.05, 0) is 87.5 Å².